The summed E-state index contributed by atoms with van der Waals surface area (Å²) in [5.41, 5.74) is 11.5. The Morgan fingerprint density at radius 3 is 2.41 bits per heavy atom. The highest BCUT2D eigenvalue weighted by atomic mass is 16.1. The van der Waals surface area contributed by atoms with E-state index in [1.165, 1.54) is 0 Å². The Bertz CT molecular complexity index is 1740. The van der Waals surface area contributed by atoms with Crippen LogP contribution in [0.4, 0.5) is 11.8 Å². The zero-order valence-electron chi connectivity index (χ0n) is 22.5. The third-order valence-corrected chi connectivity index (χ3v) is 6.66. The Morgan fingerprint density at radius 2 is 1.67 bits per heavy atom. The van der Waals surface area contributed by atoms with E-state index in [1.807, 2.05) is 107 Å². The van der Waals surface area contributed by atoms with E-state index >= 15 is 0 Å². The number of benzene rings is 2. The van der Waals surface area contributed by atoms with Gasteiger partial charge in [-0.05, 0) is 75.2 Å². The molecule has 196 valence electrons. The summed E-state index contributed by atoms with van der Waals surface area (Å²) < 4.78 is 1.69. The standard InChI is InChI=1S/C31H31N7O/c1-5-25(35-28-24(21(4)34-31(32)37-28)18-17-22-13-10-12-20(3)33-22)29-36-26-16-9-11-19(2)27(26)30(39)38(29)23-14-7-6-8-15-23/h6-18,25H,5H2,1-4H3,(H3,32,34,35,37)/b18-17+. The van der Waals surface area contributed by atoms with E-state index in [9.17, 15) is 4.79 Å². The maximum absolute atomic E-state index is 13.9. The molecule has 3 heterocycles. The molecule has 8 nitrogen and oxygen atoms in total. The van der Waals surface area contributed by atoms with Gasteiger partial charge in [0.05, 0.1) is 34.0 Å². The summed E-state index contributed by atoms with van der Waals surface area (Å²) in [5.74, 6) is 1.32. The SMILES string of the molecule is CCC(Nc1nc(N)nc(C)c1/C=C/c1cccc(C)n1)c1nc2cccc(C)c2c(=O)n1-c1ccccc1. The van der Waals surface area contributed by atoms with Crippen LogP contribution >= 0.6 is 0 Å². The number of aromatic nitrogens is 5. The lowest BCUT2D eigenvalue weighted by Crippen LogP contribution is -2.29. The lowest BCUT2D eigenvalue weighted by molar-refractivity contribution is 0.658. The number of hydrogen-bond acceptors (Lipinski definition) is 7. The molecule has 8 heteroatoms. The number of para-hydroxylation sites is 1. The first-order valence-electron chi connectivity index (χ1n) is 13.0. The second-order valence-corrected chi connectivity index (χ2v) is 9.49. The van der Waals surface area contributed by atoms with Crippen molar-refractivity contribution in [2.75, 3.05) is 11.1 Å². The molecule has 3 aromatic heterocycles. The molecular weight excluding hydrogens is 486 g/mol. The number of pyridine rings is 1. The molecule has 2 aromatic carbocycles. The van der Waals surface area contributed by atoms with E-state index in [-0.39, 0.29) is 17.5 Å². The minimum absolute atomic E-state index is 0.108. The predicted octanol–water partition coefficient (Wildman–Crippen LogP) is 5.81. The van der Waals surface area contributed by atoms with Crippen LogP contribution in [0.5, 0.6) is 0 Å². The highest BCUT2D eigenvalue weighted by molar-refractivity contribution is 5.82. The first kappa shape index (κ1) is 25.8. The first-order chi connectivity index (χ1) is 18.9. The molecule has 1 atom stereocenters. The molecule has 0 aliphatic heterocycles. The number of nitrogens with one attached hydrogen (secondary N) is 1. The van der Waals surface area contributed by atoms with Crippen molar-refractivity contribution >= 4 is 34.8 Å². The van der Waals surface area contributed by atoms with Gasteiger partial charge in [-0.2, -0.15) is 4.98 Å². The minimum Gasteiger partial charge on any atom is -0.368 e. The van der Waals surface area contributed by atoms with Crippen LogP contribution in [0.2, 0.25) is 0 Å². The van der Waals surface area contributed by atoms with Crippen molar-refractivity contribution in [3.63, 3.8) is 0 Å². The van der Waals surface area contributed by atoms with Gasteiger partial charge >= 0.3 is 0 Å². The monoisotopic (exact) mass is 517 g/mol. The van der Waals surface area contributed by atoms with Crippen LogP contribution in [0.15, 0.2) is 71.5 Å². The molecule has 5 aromatic rings. The smallest absolute Gasteiger partial charge is 0.266 e. The molecule has 0 amide bonds. The van der Waals surface area contributed by atoms with Crippen molar-refractivity contribution in [1.29, 1.82) is 0 Å². The quantitative estimate of drug-likeness (QED) is 0.280. The molecule has 0 spiro atoms. The lowest BCUT2D eigenvalue weighted by atomic mass is 10.1. The number of nitrogens with zero attached hydrogens (tertiary/aromatic N) is 5. The second-order valence-electron chi connectivity index (χ2n) is 9.49. The molecule has 39 heavy (non-hydrogen) atoms. The summed E-state index contributed by atoms with van der Waals surface area (Å²) in [4.78, 5) is 32.4. The highest BCUT2D eigenvalue weighted by Gasteiger charge is 2.22. The van der Waals surface area contributed by atoms with Crippen molar-refractivity contribution in [3.8, 4) is 5.69 Å². The van der Waals surface area contributed by atoms with Gasteiger partial charge in [-0.3, -0.25) is 14.3 Å². The number of rotatable bonds is 7. The third kappa shape index (κ3) is 5.27. The lowest BCUT2D eigenvalue weighted by Gasteiger charge is -2.23. The largest absolute Gasteiger partial charge is 0.368 e. The Balaban J connectivity index is 1.65. The maximum Gasteiger partial charge on any atom is 0.266 e. The van der Waals surface area contributed by atoms with Crippen LogP contribution in [0.1, 0.15) is 53.4 Å². The van der Waals surface area contributed by atoms with Gasteiger partial charge in [0, 0.05) is 11.3 Å². The molecule has 0 saturated heterocycles. The number of hydrogen-bond donors (Lipinski definition) is 2. The molecule has 0 bridgehead atoms. The Kier molecular flexibility index (Phi) is 7.19. The van der Waals surface area contributed by atoms with Crippen LogP contribution in [-0.2, 0) is 0 Å². The molecule has 0 aliphatic rings. The Morgan fingerprint density at radius 1 is 0.897 bits per heavy atom. The van der Waals surface area contributed by atoms with E-state index in [1.54, 1.807) is 4.57 Å². The summed E-state index contributed by atoms with van der Waals surface area (Å²) in [6.45, 7) is 7.83. The number of nitrogen functional groups attached to an aromatic ring is 1. The van der Waals surface area contributed by atoms with Gasteiger partial charge in [-0.15, -0.1) is 0 Å². The number of fused-ring (bicyclic) bond motifs is 1. The number of nitrogens with two attached hydrogens (primary N) is 1. The Hall–Kier alpha value is -4.85. The molecule has 0 saturated carbocycles. The zero-order valence-corrected chi connectivity index (χ0v) is 22.5. The molecule has 0 radical (unpaired) electrons. The fourth-order valence-electron chi connectivity index (χ4n) is 4.73. The molecule has 5 rings (SSSR count). The zero-order chi connectivity index (χ0) is 27.5. The van der Waals surface area contributed by atoms with Gasteiger partial charge in [0.1, 0.15) is 11.6 Å². The van der Waals surface area contributed by atoms with Crippen LogP contribution < -0.4 is 16.6 Å². The van der Waals surface area contributed by atoms with Crippen LogP contribution in [0.25, 0.3) is 28.7 Å². The fraction of sp³-hybridized carbons (Fsp3) is 0.194. The molecule has 1 unspecified atom stereocenters. The van der Waals surface area contributed by atoms with Crippen molar-refractivity contribution in [2.45, 2.75) is 40.2 Å². The second kappa shape index (κ2) is 10.9. The van der Waals surface area contributed by atoms with Crippen LogP contribution in [-0.4, -0.2) is 24.5 Å². The van der Waals surface area contributed by atoms with Gasteiger partial charge in [0.2, 0.25) is 5.95 Å². The molecule has 3 N–H and O–H groups in total. The predicted molar refractivity (Wildman–Crippen MR) is 158 cm³/mol. The van der Waals surface area contributed by atoms with Gasteiger partial charge < -0.3 is 11.1 Å². The molecule has 0 aliphatic carbocycles. The van der Waals surface area contributed by atoms with Crippen molar-refractivity contribution in [1.82, 2.24) is 24.5 Å². The fourth-order valence-corrected chi connectivity index (χ4v) is 4.73. The topological polar surface area (TPSA) is 112 Å². The summed E-state index contributed by atoms with van der Waals surface area (Å²) >= 11 is 0. The van der Waals surface area contributed by atoms with Gasteiger partial charge in [0.15, 0.2) is 0 Å². The van der Waals surface area contributed by atoms with Gasteiger partial charge in [-0.25, -0.2) is 9.97 Å². The molecular formula is C31H31N7O. The van der Waals surface area contributed by atoms with Crippen molar-refractivity contribution in [2.24, 2.45) is 0 Å². The summed E-state index contributed by atoms with van der Waals surface area (Å²) in [7, 11) is 0. The average molecular weight is 518 g/mol. The number of aryl methyl sites for hydroxylation is 3. The third-order valence-electron chi connectivity index (χ3n) is 6.66. The van der Waals surface area contributed by atoms with Gasteiger partial charge in [-0.1, -0.05) is 43.3 Å². The van der Waals surface area contributed by atoms with Crippen molar-refractivity contribution in [3.05, 3.63) is 111 Å². The summed E-state index contributed by atoms with van der Waals surface area (Å²) in [6.07, 6.45) is 4.51. The Labute approximate surface area is 227 Å². The molecule has 0 fully saturated rings. The summed E-state index contributed by atoms with van der Waals surface area (Å²) in [5, 5.41) is 4.14. The average Bonchev–Trinajstić information content (AvgIpc) is 2.91. The van der Waals surface area contributed by atoms with E-state index in [0.29, 0.717) is 29.0 Å². The highest BCUT2D eigenvalue weighted by Crippen LogP contribution is 2.28. The summed E-state index contributed by atoms with van der Waals surface area (Å²) in [6, 6.07) is 20.8. The number of anilines is 2. The van der Waals surface area contributed by atoms with E-state index < -0.39 is 0 Å². The van der Waals surface area contributed by atoms with Crippen LogP contribution in [0.3, 0.4) is 0 Å². The van der Waals surface area contributed by atoms with E-state index in [4.69, 9.17) is 10.7 Å². The van der Waals surface area contributed by atoms with E-state index in [2.05, 4.69) is 20.3 Å². The normalized spacial score (nSPS) is 12.2. The van der Waals surface area contributed by atoms with E-state index in [0.717, 1.165) is 33.9 Å². The minimum atomic E-state index is -0.347. The van der Waals surface area contributed by atoms with Crippen molar-refractivity contribution < 1.29 is 0 Å². The van der Waals surface area contributed by atoms with Gasteiger partial charge in [0.25, 0.3) is 5.56 Å². The first-order valence-corrected chi connectivity index (χ1v) is 13.0. The maximum atomic E-state index is 13.9. The van der Waals surface area contributed by atoms with Crippen LogP contribution in [0, 0.1) is 20.8 Å².